The van der Waals surface area contributed by atoms with Gasteiger partial charge in [-0.25, -0.2) is 0 Å². The summed E-state index contributed by atoms with van der Waals surface area (Å²) in [6.07, 6.45) is 0.640. The van der Waals surface area contributed by atoms with Crippen molar-refractivity contribution in [2.75, 3.05) is 26.9 Å². The SMILES string of the molecule is COc1ccc(Cc2noc(C3COCCN3)n2)cc1. The molecule has 0 radical (unpaired) electrons. The van der Waals surface area contributed by atoms with Crippen LogP contribution in [0.5, 0.6) is 5.75 Å². The van der Waals surface area contributed by atoms with Crippen LogP contribution < -0.4 is 10.1 Å². The van der Waals surface area contributed by atoms with Crippen molar-refractivity contribution in [3.8, 4) is 5.75 Å². The van der Waals surface area contributed by atoms with Crippen molar-refractivity contribution in [3.05, 3.63) is 41.5 Å². The molecule has 2 aromatic rings. The van der Waals surface area contributed by atoms with Crippen LogP contribution in [0.3, 0.4) is 0 Å². The minimum absolute atomic E-state index is 0.000803. The lowest BCUT2D eigenvalue weighted by Crippen LogP contribution is -2.34. The van der Waals surface area contributed by atoms with Gasteiger partial charge >= 0.3 is 0 Å². The fraction of sp³-hybridized carbons (Fsp3) is 0.429. The minimum atomic E-state index is 0.000803. The van der Waals surface area contributed by atoms with E-state index in [1.807, 2.05) is 24.3 Å². The summed E-state index contributed by atoms with van der Waals surface area (Å²) in [6, 6.07) is 7.84. The van der Waals surface area contributed by atoms with E-state index in [0.717, 1.165) is 24.5 Å². The summed E-state index contributed by atoms with van der Waals surface area (Å²) in [5.74, 6) is 2.11. The van der Waals surface area contributed by atoms with Gasteiger partial charge in [0, 0.05) is 13.0 Å². The average Bonchev–Trinajstić information content (AvgIpc) is 2.97. The number of rotatable bonds is 4. The van der Waals surface area contributed by atoms with E-state index in [4.69, 9.17) is 14.0 Å². The predicted molar refractivity (Wildman–Crippen MR) is 71.7 cm³/mol. The van der Waals surface area contributed by atoms with E-state index in [9.17, 15) is 0 Å². The third-order valence-corrected chi connectivity index (χ3v) is 3.22. The number of benzene rings is 1. The van der Waals surface area contributed by atoms with Crippen molar-refractivity contribution in [1.29, 1.82) is 0 Å². The molecule has 1 saturated heterocycles. The average molecular weight is 275 g/mol. The fourth-order valence-corrected chi connectivity index (χ4v) is 2.13. The second-order valence-electron chi connectivity index (χ2n) is 4.66. The predicted octanol–water partition coefficient (Wildman–Crippen LogP) is 1.33. The molecular formula is C14H17N3O3. The Morgan fingerprint density at radius 3 is 2.90 bits per heavy atom. The Balaban J connectivity index is 1.66. The Kier molecular flexibility index (Phi) is 3.94. The number of ether oxygens (including phenoxy) is 2. The number of nitrogens with one attached hydrogen (secondary N) is 1. The van der Waals surface area contributed by atoms with Gasteiger partial charge in [-0.05, 0) is 17.7 Å². The van der Waals surface area contributed by atoms with Gasteiger partial charge in [0.05, 0.1) is 20.3 Å². The van der Waals surface area contributed by atoms with Gasteiger partial charge in [-0.15, -0.1) is 0 Å². The zero-order valence-corrected chi connectivity index (χ0v) is 11.3. The van der Waals surface area contributed by atoms with E-state index in [1.165, 1.54) is 0 Å². The highest BCUT2D eigenvalue weighted by Gasteiger charge is 2.21. The van der Waals surface area contributed by atoms with E-state index in [0.29, 0.717) is 24.7 Å². The molecule has 1 aliphatic heterocycles. The number of aromatic nitrogens is 2. The van der Waals surface area contributed by atoms with Gasteiger partial charge in [-0.1, -0.05) is 17.3 Å². The van der Waals surface area contributed by atoms with Crippen LogP contribution >= 0.6 is 0 Å². The van der Waals surface area contributed by atoms with Gasteiger partial charge in [0.25, 0.3) is 0 Å². The van der Waals surface area contributed by atoms with Gasteiger partial charge < -0.3 is 19.3 Å². The van der Waals surface area contributed by atoms with Crippen molar-refractivity contribution in [3.63, 3.8) is 0 Å². The molecule has 1 aromatic heterocycles. The molecule has 1 fully saturated rings. The monoisotopic (exact) mass is 275 g/mol. The minimum Gasteiger partial charge on any atom is -0.497 e. The Bertz CT molecular complexity index is 547. The van der Waals surface area contributed by atoms with Crippen LogP contribution in [-0.2, 0) is 11.2 Å². The highest BCUT2D eigenvalue weighted by Crippen LogP contribution is 2.16. The van der Waals surface area contributed by atoms with Crippen molar-refractivity contribution in [1.82, 2.24) is 15.5 Å². The first-order chi connectivity index (χ1) is 9.85. The Morgan fingerprint density at radius 2 is 2.20 bits per heavy atom. The highest BCUT2D eigenvalue weighted by molar-refractivity contribution is 5.28. The smallest absolute Gasteiger partial charge is 0.246 e. The van der Waals surface area contributed by atoms with Gasteiger partial charge in [0.15, 0.2) is 5.82 Å². The van der Waals surface area contributed by atoms with E-state index < -0.39 is 0 Å². The van der Waals surface area contributed by atoms with Gasteiger partial charge in [-0.3, -0.25) is 0 Å². The fourth-order valence-electron chi connectivity index (χ4n) is 2.13. The first-order valence-electron chi connectivity index (χ1n) is 6.61. The number of morpholine rings is 1. The summed E-state index contributed by atoms with van der Waals surface area (Å²) in [6.45, 7) is 2.11. The summed E-state index contributed by atoms with van der Waals surface area (Å²) in [5, 5.41) is 7.31. The maximum Gasteiger partial charge on any atom is 0.246 e. The van der Waals surface area contributed by atoms with E-state index in [1.54, 1.807) is 7.11 Å². The second-order valence-corrected chi connectivity index (χ2v) is 4.66. The molecule has 2 heterocycles. The Morgan fingerprint density at radius 1 is 1.35 bits per heavy atom. The third-order valence-electron chi connectivity index (χ3n) is 3.22. The first kappa shape index (κ1) is 13.1. The van der Waals surface area contributed by atoms with E-state index in [-0.39, 0.29) is 6.04 Å². The number of methoxy groups -OCH3 is 1. The molecule has 1 N–H and O–H groups in total. The van der Waals surface area contributed by atoms with Gasteiger partial charge in [0.1, 0.15) is 11.8 Å². The van der Waals surface area contributed by atoms with Crippen molar-refractivity contribution < 1.29 is 14.0 Å². The summed E-state index contributed by atoms with van der Waals surface area (Å²) < 4.78 is 15.8. The zero-order chi connectivity index (χ0) is 13.8. The molecule has 1 atom stereocenters. The summed E-state index contributed by atoms with van der Waals surface area (Å²) in [4.78, 5) is 4.42. The number of hydrogen-bond donors (Lipinski definition) is 1. The van der Waals surface area contributed by atoms with Crippen LogP contribution in [0.1, 0.15) is 23.3 Å². The molecule has 0 bridgehead atoms. The maximum absolute atomic E-state index is 5.39. The Hall–Kier alpha value is -1.92. The molecule has 1 aromatic carbocycles. The summed E-state index contributed by atoms with van der Waals surface area (Å²) >= 11 is 0. The van der Waals surface area contributed by atoms with Crippen LogP contribution in [0.4, 0.5) is 0 Å². The quantitative estimate of drug-likeness (QED) is 0.907. The molecule has 0 spiro atoms. The van der Waals surface area contributed by atoms with E-state index >= 15 is 0 Å². The molecule has 0 aliphatic carbocycles. The lowest BCUT2D eigenvalue weighted by Gasteiger charge is -2.20. The van der Waals surface area contributed by atoms with E-state index in [2.05, 4.69) is 15.5 Å². The lowest BCUT2D eigenvalue weighted by atomic mass is 10.1. The normalized spacial score (nSPS) is 18.9. The van der Waals surface area contributed by atoms with Crippen LogP contribution in [0.25, 0.3) is 0 Å². The molecule has 1 unspecified atom stereocenters. The zero-order valence-electron chi connectivity index (χ0n) is 11.3. The molecule has 106 valence electrons. The molecule has 0 saturated carbocycles. The Labute approximate surface area is 117 Å². The molecule has 1 aliphatic rings. The topological polar surface area (TPSA) is 69.4 Å². The lowest BCUT2D eigenvalue weighted by molar-refractivity contribution is 0.0659. The summed E-state index contributed by atoms with van der Waals surface area (Å²) in [5.41, 5.74) is 1.12. The standard InChI is InChI=1S/C14H17N3O3/c1-18-11-4-2-10(3-5-11)8-13-16-14(20-17-13)12-9-19-7-6-15-12/h2-5,12,15H,6-9H2,1H3. The van der Waals surface area contributed by atoms with Crippen LogP contribution in [0.15, 0.2) is 28.8 Å². The molecule has 6 heteroatoms. The maximum atomic E-state index is 5.39. The molecule has 20 heavy (non-hydrogen) atoms. The number of nitrogens with zero attached hydrogens (tertiary/aromatic N) is 2. The van der Waals surface area contributed by atoms with Crippen LogP contribution in [0.2, 0.25) is 0 Å². The highest BCUT2D eigenvalue weighted by atomic mass is 16.5. The third kappa shape index (κ3) is 2.97. The first-order valence-corrected chi connectivity index (χ1v) is 6.61. The molecular weight excluding hydrogens is 258 g/mol. The van der Waals surface area contributed by atoms with Crippen LogP contribution in [-0.4, -0.2) is 37.0 Å². The van der Waals surface area contributed by atoms with Crippen molar-refractivity contribution in [2.45, 2.75) is 12.5 Å². The van der Waals surface area contributed by atoms with Gasteiger partial charge in [0.2, 0.25) is 5.89 Å². The van der Waals surface area contributed by atoms with Crippen molar-refractivity contribution in [2.24, 2.45) is 0 Å². The summed E-state index contributed by atoms with van der Waals surface area (Å²) in [7, 11) is 1.65. The number of hydrogen-bond acceptors (Lipinski definition) is 6. The largest absolute Gasteiger partial charge is 0.497 e. The second kappa shape index (κ2) is 6.02. The van der Waals surface area contributed by atoms with Crippen molar-refractivity contribution >= 4 is 0 Å². The molecule has 6 nitrogen and oxygen atoms in total. The molecule has 3 rings (SSSR count). The molecule has 0 amide bonds. The van der Waals surface area contributed by atoms with Crippen LogP contribution in [0, 0.1) is 0 Å². The van der Waals surface area contributed by atoms with Gasteiger partial charge in [-0.2, -0.15) is 4.98 Å².